The van der Waals surface area contributed by atoms with Crippen LogP contribution in [0.1, 0.15) is 28.6 Å². The van der Waals surface area contributed by atoms with Gasteiger partial charge in [0.25, 0.3) is 11.7 Å². The van der Waals surface area contributed by atoms with Crippen molar-refractivity contribution in [2.24, 2.45) is 0 Å². The van der Waals surface area contributed by atoms with Crippen LogP contribution in [0.25, 0.3) is 11.4 Å². The van der Waals surface area contributed by atoms with Gasteiger partial charge in [-0.1, -0.05) is 12.1 Å². The van der Waals surface area contributed by atoms with Crippen molar-refractivity contribution < 1.29 is 14.7 Å². The summed E-state index contributed by atoms with van der Waals surface area (Å²) in [4.78, 5) is 38.3. The number of nitrogens with zero attached hydrogens (tertiary/aromatic N) is 5. The number of amides is 1. The van der Waals surface area contributed by atoms with Crippen LogP contribution in [0.3, 0.4) is 0 Å². The van der Waals surface area contributed by atoms with Crippen molar-refractivity contribution >= 4 is 23.1 Å². The van der Waals surface area contributed by atoms with Crippen LogP contribution in [-0.2, 0) is 9.59 Å². The highest BCUT2D eigenvalue weighted by Gasteiger charge is 2.46. The average molecular weight is 419 g/mol. The Bertz CT molecular complexity index is 1200. The van der Waals surface area contributed by atoms with E-state index < -0.39 is 17.7 Å². The SMILES string of the molecule is Cc1nc2c(C)cccn2c1/C(O)=C1/C(=O)C(=O)N(CCN(C)C)C1c1cccnc1. The lowest BCUT2D eigenvalue weighted by Gasteiger charge is -2.26. The molecule has 1 unspecified atom stereocenters. The zero-order valence-electron chi connectivity index (χ0n) is 18.0. The van der Waals surface area contributed by atoms with Crippen molar-refractivity contribution in [1.29, 1.82) is 0 Å². The number of hydrogen-bond acceptors (Lipinski definition) is 6. The Balaban J connectivity index is 1.94. The van der Waals surface area contributed by atoms with Crippen LogP contribution in [0, 0.1) is 13.8 Å². The standard InChI is InChI=1S/C23H25N5O3/c1-14-7-6-10-27-18(15(2)25-22(14)27)20(29)17-19(16-8-5-9-24-13-16)28(12-11-26(3)4)23(31)21(17)30/h5-10,13,19,29H,11-12H2,1-4H3/b20-17-. The van der Waals surface area contributed by atoms with E-state index in [4.69, 9.17) is 0 Å². The molecule has 4 heterocycles. The number of carbonyl (C=O) groups is 2. The van der Waals surface area contributed by atoms with Gasteiger partial charge in [-0.25, -0.2) is 4.98 Å². The lowest BCUT2D eigenvalue weighted by Crippen LogP contribution is -2.35. The van der Waals surface area contributed by atoms with E-state index in [-0.39, 0.29) is 11.3 Å². The number of pyridine rings is 2. The summed E-state index contributed by atoms with van der Waals surface area (Å²) in [5.74, 6) is -1.55. The molecule has 1 atom stereocenters. The first-order valence-corrected chi connectivity index (χ1v) is 10.1. The molecule has 0 radical (unpaired) electrons. The van der Waals surface area contributed by atoms with E-state index in [0.717, 1.165) is 5.56 Å². The van der Waals surface area contributed by atoms with E-state index in [1.54, 1.807) is 36.0 Å². The van der Waals surface area contributed by atoms with Crippen molar-refractivity contribution in [2.45, 2.75) is 19.9 Å². The topological polar surface area (TPSA) is 91.0 Å². The number of aryl methyl sites for hydroxylation is 2. The molecule has 1 aliphatic heterocycles. The zero-order valence-corrected chi connectivity index (χ0v) is 18.0. The molecule has 0 aromatic carbocycles. The van der Waals surface area contributed by atoms with Gasteiger partial charge in [0.1, 0.15) is 11.3 Å². The number of rotatable bonds is 5. The minimum Gasteiger partial charge on any atom is -0.505 e. The number of aromatic nitrogens is 3. The fourth-order valence-corrected chi connectivity index (χ4v) is 4.03. The molecule has 1 fully saturated rings. The van der Waals surface area contributed by atoms with E-state index >= 15 is 0 Å². The molecule has 0 spiro atoms. The third-order valence-corrected chi connectivity index (χ3v) is 5.57. The van der Waals surface area contributed by atoms with Crippen LogP contribution in [0.5, 0.6) is 0 Å². The molecule has 4 rings (SSSR count). The Morgan fingerprint density at radius 2 is 1.97 bits per heavy atom. The van der Waals surface area contributed by atoms with Crippen molar-refractivity contribution in [3.8, 4) is 0 Å². The fraction of sp³-hybridized carbons (Fsp3) is 0.304. The molecule has 3 aromatic heterocycles. The molecule has 8 heteroatoms. The normalized spacial score (nSPS) is 18.5. The first-order chi connectivity index (χ1) is 14.8. The quantitative estimate of drug-likeness (QED) is 0.388. The Morgan fingerprint density at radius 1 is 1.19 bits per heavy atom. The molecule has 3 aromatic rings. The summed E-state index contributed by atoms with van der Waals surface area (Å²) in [5, 5.41) is 11.4. The smallest absolute Gasteiger partial charge is 0.295 e. The van der Waals surface area contributed by atoms with Crippen molar-refractivity contribution in [1.82, 2.24) is 24.2 Å². The van der Waals surface area contributed by atoms with Gasteiger partial charge in [-0.2, -0.15) is 0 Å². The molecule has 1 N–H and O–H groups in total. The number of Topliss-reactive ketones (excluding diaryl/α,β-unsaturated/α-hetero) is 1. The van der Waals surface area contributed by atoms with E-state index in [2.05, 4.69) is 9.97 Å². The van der Waals surface area contributed by atoms with E-state index in [0.29, 0.717) is 35.7 Å². The largest absolute Gasteiger partial charge is 0.505 e. The summed E-state index contributed by atoms with van der Waals surface area (Å²) in [7, 11) is 3.81. The van der Waals surface area contributed by atoms with Gasteiger partial charge in [0.2, 0.25) is 0 Å². The molecule has 1 amide bonds. The van der Waals surface area contributed by atoms with Gasteiger partial charge >= 0.3 is 0 Å². The van der Waals surface area contributed by atoms with Gasteiger partial charge in [0.15, 0.2) is 5.76 Å². The molecule has 8 nitrogen and oxygen atoms in total. The summed E-state index contributed by atoms with van der Waals surface area (Å²) >= 11 is 0. The van der Waals surface area contributed by atoms with E-state index in [9.17, 15) is 14.7 Å². The first kappa shape index (κ1) is 20.7. The monoisotopic (exact) mass is 419 g/mol. The summed E-state index contributed by atoms with van der Waals surface area (Å²) in [5.41, 5.74) is 3.36. The Labute approximate surface area is 180 Å². The predicted molar refractivity (Wildman–Crippen MR) is 116 cm³/mol. The minimum atomic E-state index is -0.719. The Morgan fingerprint density at radius 3 is 2.65 bits per heavy atom. The fourth-order valence-electron chi connectivity index (χ4n) is 4.03. The number of carbonyl (C=O) groups excluding carboxylic acids is 2. The molecular formula is C23H25N5O3. The van der Waals surface area contributed by atoms with Crippen LogP contribution in [0.2, 0.25) is 0 Å². The summed E-state index contributed by atoms with van der Waals surface area (Å²) in [6.45, 7) is 4.64. The van der Waals surface area contributed by atoms with Crippen LogP contribution in [0.4, 0.5) is 0 Å². The number of aliphatic hydroxyl groups excluding tert-OH is 1. The van der Waals surface area contributed by atoms with Gasteiger partial charge in [0, 0.05) is 31.7 Å². The predicted octanol–water partition coefficient (Wildman–Crippen LogP) is 2.33. The lowest BCUT2D eigenvalue weighted by molar-refractivity contribution is -0.140. The highest BCUT2D eigenvalue weighted by Crippen LogP contribution is 2.39. The third-order valence-electron chi connectivity index (χ3n) is 5.57. The molecule has 160 valence electrons. The molecule has 31 heavy (non-hydrogen) atoms. The maximum Gasteiger partial charge on any atom is 0.295 e. The summed E-state index contributed by atoms with van der Waals surface area (Å²) in [6, 6.07) is 6.63. The Kier molecular flexibility index (Phi) is 5.32. The summed E-state index contributed by atoms with van der Waals surface area (Å²) < 4.78 is 1.76. The van der Waals surface area contributed by atoms with Gasteiger partial charge in [-0.3, -0.25) is 19.0 Å². The Hall–Kier alpha value is -3.52. The number of aliphatic hydroxyl groups is 1. The first-order valence-electron chi connectivity index (χ1n) is 10.1. The molecule has 0 saturated carbocycles. The highest BCUT2D eigenvalue weighted by molar-refractivity contribution is 6.46. The van der Waals surface area contributed by atoms with Crippen molar-refractivity contribution in [2.75, 3.05) is 27.2 Å². The highest BCUT2D eigenvalue weighted by atomic mass is 16.3. The third kappa shape index (κ3) is 3.48. The van der Waals surface area contributed by atoms with Crippen LogP contribution < -0.4 is 0 Å². The second-order valence-electron chi connectivity index (χ2n) is 8.01. The number of fused-ring (bicyclic) bond motifs is 1. The number of likely N-dealkylation sites (tertiary alicyclic amines) is 1. The zero-order chi connectivity index (χ0) is 22.3. The number of ketones is 1. The van der Waals surface area contributed by atoms with Crippen LogP contribution in [-0.4, -0.2) is 68.2 Å². The lowest BCUT2D eigenvalue weighted by atomic mass is 9.97. The molecule has 1 aliphatic rings. The maximum absolute atomic E-state index is 13.1. The second-order valence-corrected chi connectivity index (χ2v) is 8.01. The molecule has 0 aliphatic carbocycles. The summed E-state index contributed by atoms with van der Waals surface area (Å²) in [6.07, 6.45) is 5.05. The molecule has 1 saturated heterocycles. The average Bonchev–Trinajstić information content (AvgIpc) is 3.21. The van der Waals surface area contributed by atoms with Gasteiger partial charge in [-0.05, 0) is 51.2 Å². The van der Waals surface area contributed by atoms with E-state index in [1.807, 2.05) is 44.1 Å². The molecular weight excluding hydrogens is 394 g/mol. The van der Waals surface area contributed by atoms with Crippen LogP contribution in [0.15, 0.2) is 48.4 Å². The number of hydrogen-bond donors (Lipinski definition) is 1. The number of imidazole rings is 1. The van der Waals surface area contributed by atoms with Gasteiger partial charge in [-0.15, -0.1) is 0 Å². The number of likely N-dealkylation sites (N-methyl/N-ethyl adjacent to an activating group) is 1. The van der Waals surface area contributed by atoms with Crippen molar-refractivity contribution in [3.63, 3.8) is 0 Å². The minimum absolute atomic E-state index is 0.0585. The maximum atomic E-state index is 13.1. The second kappa shape index (κ2) is 7.96. The van der Waals surface area contributed by atoms with Gasteiger partial charge in [0.05, 0.1) is 17.3 Å². The van der Waals surface area contributed by atoms with Gasteiger partial charge < -0.3 is 14.9 Å². The van der Waals surface area contributed by atoms with Crippen LogP contribution >= 0.6 is 0 Å². The van der Waals surface area contributed by atoms with Crippen molar-refractivity contribution in [3.05, 3.63) is 70.9 Å². The molecule has 0 bridgehead atoms. The van der Waals surface area contributed by atoms with E-state index in [1.165, 1.54) is 4.90 Å².